The average Bonchev–Trinajstić information content (AvgIpc) is 2.15. The van der Waals surface area contributed by atoms with Crippen molar-refractivity contribution in [3.8, 4) is 0 Å². The molecule has 0 saturated heterocycles. The fourth-order valence-electron chi connectivity index (χ4n) is 1.74. The second kappa shape index (κ2) is 4.45. The van der Waals surface area contributed by atoms with E-state index in [1.54, 1.807) is 38.1 Å². The van der Waals surface area contributed by atoms with E-state index in [0.29, 0.717) is 5.56 Å². The summed E-state index contributed by atoms with van der Waals surface area (Å²) >= 11 is 0. The van der Waals surface area contributed by atoms with Gasteiger partial charge in [0.05, 0.1) is 5.60 Å². The van der Waals surface area contributed by atoms with Crippen LogP contribution in [-0.4, -0.2) is 6.36 Å². The highest BCUT2D eigenvalue weighted by molar-refractivity contribution is 5.30. The first-order valence-electron chi connectivity index (χ1n) is 5.11. The van der Waals surface area contributed by atoms with Crippen molar-refractivity contribution in [2.24, 2.45) is 0 Å². The quantitative estimate of drug-likeness (QED) is 0.760. The first-order valence-corrected chi connectivity index (χ1v) is 5.11. The van der Waals surface area contributed by atoms with Gasteiger partial charge in [0.1, 0.15) is 0 Å². The van der Waals surface area contributed by atoms with Gasteiger partial charge in [0.15, 0.2) is 0 Å². The SMILES string of the molecule is CCC(C)(OC(F)(F)F)c1ccccc1C. The third kappa shape index (κ3) is 2.98. The Kier molecular flexibility index (Phi) is 3.63. The van der Waals surface area contributed by atoms with Gasteiger partial charge in [0.25, 0.3) is 0 Å². The van der Waals surface area contributed by atoms with Gasteiger partial charge >= 0.3 is 6.36 Å². The van der Waals surface area contributed by atoms with Gasteiger partial charge in [-0.15, -0.1) is 13.2 Å². The zero-order valence-corrected chi connectivity index (χ0v) is 9.56. The van der Waals surface area contributed by atoms with Crippen LogP contribution in [0.5, 0.6) is 0 Å². The lowest BCUT2D eigenvalue weighted by molar-refractivity contribution is -0.368. The van der Waals surface area contributed by atoms with Gasteiger partial charge < -0.3 is 0 Å². The van der Waals surface area contributed by atoms with Crippen molar-refractivity contribution in [1.82, 2.24) is 0 Å². The summed E-state index contributed by atoms with van der Waals surface area (Å²) in [6.45, 7) is 4.92. The molecule has 1 unspecified atom stereocenters. The number of benzene rings is 1. The Morgan fingerprint density at radius 3 is 2.19 bits per heavy atom. The van der Waals surface area contributed by atoms with Gasteiger partial charge in [-0.2, -0.15) is 0 Å². The summed E-state index contributed by atoms with van der Waals surface area (Å²) in [6, 6.07) is 6.96. The lowest BCUT2D eigenvalue weighted by Crippen LogP contribution is -2.33. The molecule has 16 heavy (non-hydrogen) atoms. The maximum atomic E-state index is 12.3. The first-order chi connectivity index (χ1) is 7.28. The zero-order valence-electron chi connectivity index (χ0n) is 9.56. The van der Waals surface area contributed by atoms with Crippen LogP contribution in [0.1, 0.15) is 31.4 Å². The van der Waals surface area contributed by atoms with E-state index >= 15 is 0 Å². The second-order valence-electron chi connectivity index (χ2n) is 3.95. The van der Waals surface area contributed by atoms with Gasteiger partial charge in [-0.1, -0.05) is 31.2 Å². The van der Waals surface area contributed by atoms with Crippen molar-refractivity contribution in [3.05, 3.63) is 35.4 Å². The molecule has 0 bridgehead atoms. The van der Waals surface area contributed by atoms with E-state index < -0.39 is 12.0 Å². The van der Waals surface area contributed by atoms with Crippen LogP contribution in [0.15, 0.2) is 24.3 Å². The van der Waals surface area contributed by atoms with Crippen LogP contribution >= 0.6 is 0 Å². The molecule has 0 aliphatic carbocycles. The predicted octanol–water partition coefficient (Wildman–Crippen LogP) is 4.16. The van der Waals surface area contributed by atoms with Crippen molar-refractivity contribution < 1.29 is 17.9 Å². The summed E-state index contributed by atoms with van der Waals surface area (Å²) < 4.78 is 41.2. The van der Waals surface area contributed by atoms with Crippen molar-refractivity contribution >= 4 is 0 Å². The number of hydrogen-bond donors (Lipinski definition) is 0. The topological polar surface area (TPSA) is 9.23 Å². The normalized spacial score (nSPS) is 15.9. The summed E-state index contributed by atoms with van der Waals surface area (Å²) in [5, 5.41) is 0. The Balaban J connectivity index is 3.10. The lowest BCUT2D eigenvalue weighted by atomic mass is 9.89. The van der Waals surface area contributed by atoms with Crippen LogP contribution < -0.4 is 0 Å². The van der Waals surface area contributed by atoms with Gasteiger partial charge in [0.2, 0.25) is 0 Å². The van der Waals surface area contributed by atoms with Crippen LogP contribution in [0, 0.1) is 6.92 Å². The predicted molar refractivity (Wildman–Crippen MR) is 56.0 cm³/mol. The first kappa shape index (κ1) is 13.0. The minimum atomic E-state index is -4.62. The fourth-order valence-corrected chi connectivity index (χ4v) is 1.74. The second-order valence-corrected chi connectivity index (χ2v) is 3.95. The molecule has 1 aromatic carbocycles. The number of hydrogen-bond acceptors (Lipinski definition) is 1. The number of halogens is 3. The number of aryl methyl sites for hydroxylation is 1. The molecular weight excluding hydrogens is 217 g/mol. The molecule has 0 aliphatic rings. The molecule has 0 heterocycles. The van der Waals surface area contributed by atoms with Gasteiger partial charge in [0, 0.05) is 0 Å². The van der Waals surface area contributed by atoms with E-state index in [-0.39, 0.29) is 6.42 Å². The standard InChI is InChI=1S/C12H15F3O/c1-4-11(3,16-12(13,14)15)10-8-6-5-7-9(10)2/h5-8H,4H2,1-3H3. The minimum Gasteiger partial charge on any atom is -0.281 e. The Morgan fingerprint density at radius 1 is 1.19 bits per heavy atom. The molecular formula is C12H15F3O. The zero-order chi connectivity index (χ0) is 12.4. The Hall–Kier alpha value is -1.03. The fraction of sp³-hybridized carbons (Fsp3) is 0.500. The summed E-state index contributed by atoms with van der Waals surface area (Å²) in [6.07, 6.45) is -4.36. The Morgan fingerprint density at radius 2 is 1.75 bits per heavy atom. The van der Waals surface area contributed by atoms with Gasteiger partial charge in [-0.05, 0) is 31.4 Å². The summed E-state index contributed by atoms with van der Waals surface area (Å²) in [5.74, 6) is 0. The molecule has 0 aliphatic heterocycles. The van der Waals surface area contributed by atoms with Crippen molar-refractivity contribution in [2.45, 2.75) is 39.2 Å². The van der Waals surface area contributed by atoms with Crippen molar-refractivity contribution in [3.63, 3.8) is 0 Å². The van der Waals surface area contributed by atoms with Crippen LogP contribution in [0.25, 0.3) is 0 Å². The molecule has 0 amide bonds. The summed E-state index contributed by atoms with van der Waals surface area (Å²) in [5.41, 5.74) is 0.0646. The number of alkyl halides is 3. The molecule has 0 radical (unpaired) electrons. The van der Waals surface area contributed by atoms with Gasteiger partial charge in [-0.25, -0.2) is 0 Å². The van der Waals surface area contributed by atoms with E-state index in [1.807, 2.05) is 0 Å². The van der Waals surface area contributed by atoms with Crippen LogP contribution in [0.4, 0.5) is 13.2 Å². The highest BCUT2D eigenvalue weighted by Crippen LogP contribution is 2.37. The van der Waals surface area contributed by atoms with Crippen molar-refractivity contribution in [1.29, 1.82) is 0 Å². The average molecular weight is 232 g/mol. The molecule has 4 heteroatoms. The molecule has 1 rings (SSSR count). The van der Waals surface area contributed by atoms with Gasteiger partial charge in [-0.3, -0.25) is 4.74 Å². The Bertz CT molecular complexity index is 360. The highest BCUT2D eigenvalue weighted by Gasteiger charge is 2.41. The highest BCUT2D eigenvalue weighted by atomic mass is 19.4. The maximum Gasteiger partial charge on any atom is 0.523 e. The van der Waals surface area contributed by atoms with Crippen molar-refractivity contribution in [2.75, 3.05) is 0 Å². The van der Waals surface area contributed by atoms with E-state index in [1.165, 1.54) is 6.92 Å². The van der Waals surface area contributed by atoms with E-state index in [0.717, 1.165) is 5.56 Å². The minimum absolute atomic E-state index is 0.261. The van der Waals surface area contributed by atoms with Crippen LogP contribution in [0.3, 0.4) is 0 Å². The smallest absolute Gasteiger partial charge is 0.281 e. The number of rotatable bonds is 3. The Labute approximate surface area is 93.2 Å². The molecule has 1 nitrogen and oxygen atoms in total. The largest absolute Gasteiger partial charge is 0.523 e. The van der Waals surface area contributed by atoms with Crippen LogP contribution in [-0.2, 0) is 10.3 Å². The van der Waals surface area contributed by atoms with E-state index in [2.05, 4.69) is 4.74 Å². The third-order valence-electron chi connectivity index (χ3n) is 2.73. The molecule has 0 spiro atoms. The summed E-state index contributed by atoms with van der Waals surface area (Å²) in [4.78, 5) is 0. The molecule has 1 aromatic rings. The molecule has 0 saturated carbocycles. The molecule has 90 valence electrons. The lowest BCUT2D eigenvalue weighted by Gasteiger charge is -2.31. The van der Waals surface area contributed by atoms with E-state index in [9.17, 15) is 13.2 Å². The molecule has 0 fully saturated rings. The van der Waals surface area contributed by atoms with Crippen LogP contribution in [0.2, 0.25) is 0 Å². The third-order valence-corrected chi connectivity index (χ3v) is 2.73. The molecule has 1 atom stereocenters. The monoisotopic (exact) mass is 232 g/mol. The molecule has 0 N–H and O–H groups in total. The number of ether oxygens (including phenoxy) is 1. The molecule has 0 aromatic heterocycles. The summed E-state index contributed by atoms with van der Waals surface area (Å²) in [7, 11) is 0. The maximum absolute atomic E-state index is 12.3. The van der Waals surface area contributed by atoms with E-state index in [4.69, 9.17) is 0 Å².